The van der Waals surface area contributed by atoms with Crippen molar-refractivity contribution in [3.63, 3.8) is 0 Å². The highest BCUT2D eigenvalue weighted by Crippen LogP contribution is 2.40. The number of imidazole rings is 1. The number of aryl methyl sites for hydroxylation is 2. The van der Waals surface area contributed by atoms with Gasteiger partial charge in [-0.3, -0.25) is 0 Å². The van der Waals surface area contributed by atoms with Gasteiger partial charge in [0.2, 0.25) is 16.8 Å². The van der Waals surface area contributed by atoms with Crippen molar-refractivity contribution in [1.82, 2.24) is 24.2 Å². The maximum atomic E-state index is 11.7. The molecule has 3 heterocycles. The lowest BCUT2D eigenvalue weighted by Crippen LogP contribution is -2.27. The summed E-state index contributed by atoms with van der Waals surface area (Å²) >= 11 is 1.46. The quantitative estimate of drug-likeness (QED) is 0.494. The highest BCUT2D eigenvalue weighted by atomic mass is 32.2. The van der Waals surface area contributed by atoms with Gasteiger partial charge >= 0.3 is 0 Å². The maximum Gasteiger partial charge on any atom is 0.231 e. The fraction of sp³-hybridized carbons (Fsp3) is 0.389. The lowest BCUT2D eigenvalue weighted by molar-refractivity contribution is 0.174. The summed E-state index contributed by atoms with van der Waals surface area (Å²) in [4.78, 5) is 14.0. The van der Waals surface area contributed by atoms with Gasteiger partial charge in [-0.05, 0) is 38.0 Å². The molecule has 10 nitrogen and oxygen atoms in total. The third kappa shape index (κ3) is 4.16. The minimum atomic E-state index is -3.23. The number of hydrogen-bond acceptors (Lipinski definition) is 9. The van der Waals surface area contributed by atoms with Crippen LogP contribution in [0.2, 0.25) is 0 Å². The third-order valence-electron chi connectivity index (χ3n) is 4.66. The molecule has 4 rings (SSSR count). The number of sulfonamides is 1. The number of nitrogens with one attached hydrogen (secondary N) is 1. The van der Waals surface area contributed by atoms with Crippen molar-refractivity contribution < 1.29 is 17.9 Å². The summed E-state index contributed by atoms with van der Waals surface area (Å²) in [6, 6.07) is 3.86. The van der Waals surface area contributed by atoms with Crippen molar-refractivity contribution in [1.29, 1.82) is 0 Å². The van der Waals surface area contributed by atoms with E-state index in [-0.39, 0.29) is 12.5 Å². The number of aromatic nitrogens is 4. The Labute approximate surface area is 178 Å². The van der Waals surface area contributed by atoms with E-state index >= 15 is 0 Å². The van der Waals surface area contributed by atoms with Crippen molar-refractivity contribution in [3.05, 3.63) is 24.0 Å². The summed E-state index contributed by atoms with van der Waals surface area (Å²) < 4.78 is 38.8. The van der Waals surface area contributed by atoms with E-state index in [9.17, 15) is 8.42 Å². The van der Waals surface area contributed by atoms with Crippen molar-refractivity contribution in [2.45, 2.75) is 36.9 Å². The molecule has 0 atom stereocenters. The third-order valence-corrected chi connectivity index (χ3v) is 7.22. The molecule has 1 aromatic carbocycles. The van der Waals surface area contributed by atoms with E-state index in [0.717, 1.165) is 16.2 Å². The molecule has 0 spiro atoms. The molecule has 2 aromatic heterocycles. The van der Waals surface area contributed by atoms with Crippen LogP contribution >= 0.6 is 11.8 Å². The van der Waals surface area contributed by atoms with Gasteiger partial charge in [0.05, 0.1) is 5.75 Å². The number of rotatable bonds is 8. The number of nitrogens with zero attached hydrogens (tertiary/aromatic N) is 4. The normalized spacial score (nSPS) is 13.3. The number of fused-ring (bicyclic) bond motifs is 2. The second-order valence-corrected chi connectivity index (χ2v) is 9.81. The first-order valence-electron chi connectivity index (χ1n) is 9.40. The van der Waals surface area contributed by atoms with Crippen LogP contribution in [-0.4, -0.2) is 47.0 Å². The summed E-state index contributed by atoms with van der Waals surface area (Å²) in [5.74, 6) is 1.77. The Bertz CT molecular complexity index is 1200. The first-order valence-corrected chi connectivity index (χ1v) is 11.9. The Kier molecular flexibility index (Phi) is 5.71. The van der Waals surface area contributed by atoms with Crippen LogP contribution in [0.3, 0.4) is 0 Å². The van der Waals surface area contributed by atoms with E-state index in [1.54, 1.807) is 6.92 Å². The van der Waals surface area contributed by atoms with Crippen LogP contribution in [-0.2, 0) is 16.6 Å². The number of nitrogens with two attached hydrogens (primary N) is 1. The highest BCUT2D eigenvalue weighted by molar-refractivity contribution is 7.99. The monoisotopic (exact) mass is 450 g/mol. The second-order valence-electron chi connectivity index (χ2n) is 6.70. The van der Waals surface area contributed by atoms with E-state index in [4.69, 9.17) is 15.2 Å². The first-order chi connectivity index (χ1) is 14.4. The lowest BCUT2D eigenvalue weighted by atomic mass is 10.2. The summed E-state index contributed by atoms with van der Waals surface area (Å²) in [5.41, 5.74) is 8.16. The zero-order valence-electron chi connectivity index (χ0n) is 16.6. The lowest BCUT2D eigenvalue weighted by Gasteiger charge is -2.11. The fourth-order valence-electron chi connectivity index (χ4n) is 3.01. The molecule has 0 saturated carbocycles. The summed E-state index contributed by atoms with van der Waals surface area (Å²) in [6.45, 7) is 4.65. The summed E-state index contributed by atoms with van der Waals surface area (Å²) in [5, 5.41) is 0.692. The Balaban J connectivity index is 1.62. The topological polar surface area (TPSA) is 134 Å². The van der Waals surface area contributed by atoms with Crippen molar-refractivity contribution >= 4 is 38.8 Å². The van der Waals surface area contributed by atoms with Gasteiger partial charge in [-0.2, -0.15) is 0 Å². The number of anilines is 1. The predicted molar refractivity (Wildman–Crippen MR) is 113 cm³/mol. The minimum absolute atomic E-state index is 0.0509. The highest BCUT2D eigenvalue weighted by Gasteiger charge is 2.20. The van der Waals surface area contributed by atoms with Crippen LogP contribution in [0.25, 0.3) is 11.2 Å². The predicted octanol–water partition coefficient (Wildman–Crippen LogP) is 1.93. The molecule has 3 aromatic rings. The van der Waals surface area contributed by atoms with Gasteiger partial charge < -0.3 is 19.8 Å². The molecule has 12 heteroatoms. The maximum absolute atomic E-state index is 11.7. The standard InChI is InChI=1S/C18H22N6O4S2/c1-3-30(25,26)22-5-4-6-24-17-15(16(19)20-9-21-17)23-18(24)29-14-8-13-12(7-11(14)2)27-10-28-13/h7-9,22H,3-6,10H2,1-2H3,(H2,19,20,21). The Hall–Kier alpha value is -2.57. The second kappa shape index (κ2) is 8.28. The van der Waals surface area contributed by atoms with Crippen LogP contribution in [0.15, 0.2) is 28.5 Å². The summed E-state index contributed by atoms with van der Waals surface area (Å²) in [7, 11) is -3.23. The zero-order valence-corrected chi connectivity index (χ0v) is 18.2. The van der Waals surface area contributed by atoms with Gasteiger partial charge in [-0.25, -0.2) is 28.1 Å². The smallest absolute Gasteiger partial charge is 0.231 e. The van der Waals surface area contributed by atoms with Gasteiger partial charge in [-0.15, -0.1) is 0 Å². The average molecular weight is 451 g/mol. The fourth-order valence-corrected chi connectivity index (χ4v) is 4.68. The molecule has 30 heavy (non-hydrogen) atoms. The van der Waals surface area contributed by atoms with Crippen LogP contribution in [0.4, 0.5) is 5.82 Å². The van der Waals surface area contributed by atoms with E-state index in [1.165, 1.54) is 18.1 Å². The van der Waals surface area contributed by atoms with Crippen molar-refractivity contribution in [3.8, 4) is 11.5 Å². The Morgan fingerprint density at radius 1 is 1.27 bits per heavy atom. The van der Waals surface area contributed by atoms with Gasteiger partial charge in [-0.1, -0.05) is 11.8 Å². The molecule has 1 aliphatic rings. The molecule has 0 amide bonds. The number of ether oxygens (including phenoxy) is 2. The van der Waals surface area contributed by atoms with E-state index in [0.29, 0.717) is 47.4 Å². The van der Waals surface area contributed by atoms with Crippen LogP contribution in [0.5, 0.6) is 11.5 Å². The average Bonchev–Trinajstić information content (AvgIpc) is 3.30. The van der Waals surface area contributed by atoms with Crippen LogP contribution < -0.4 is 19.9 Å². The van der Waals surface area contributed by atoms with Gasteiger partial charge in [0.25, 0.3) is 0 Å². The van der Waals surface area contributed by atoms with Crippen molar-refractivity contribution in [2.24, 2.45) is 0 Å². The van der Waals surface area contributed by atoms with Gasteiger partial charge in [0, 0.05) is 18.0 Å². The number of hydrogen-bond donors (Lipinski definition) is 2. The molecule has 0 saturated heterocycles. The first kappa shape index (κ1) is 20.7. The van der Waals surface area contributed by atoms with E-state index < -0.39 is 10.0 Å². The Morgan fingerprint density at radius 3 is 2.80 bits per heavy atom. The molecular weight excluding hydrogens is 428 g/mol. The molecular formula is C18H22N6O4S2. The SMILES string of the molecule is CCS(=O)(=O)NCCCn1c(Sc2cc3c(cc2C)OCO3)nc2c(N)ncnc21. The van der Waals surface area contributed by atoms with Gasteiger partial charge in [0.15, 0.2) is 33.6 Å². The van der Waals surface area contributed by atoms with E-state index in [1.807, 2.05) is 23.6 Å². The Morgan fingerprint density at radius 2 is 2.03 bits per heavy atom. The van der Waals surface area contributed by atoms with Crippen LogP contribution in [0, 0.1) is 6.92 Å². The molecule has 0 fully saturated rings. The zero-order chi connectivity index (χ0) is 21.3. The summed E-state index contributed by atoms with van der Waals surface area (Å²) in [6.07, 6.45) is 1.97. The molecule has 3 N–H and O–H groups in total. The molecule has 0 unspecified atom stereocenters. The van der Waals surface area contributed by atoms with E-state index in [2.05, 4.69) is 19.7 Å². The number of benzene rings is 1. The molecule has 1 aliphatic heterocycles. The van der Waals surface area contributed by atoms with Crippen LogP contribution in [0.1, 0.15) is 18.9 Å². The molecule has 0 radical (unpaired) electrons. The minimum Gasteiger partial charge on any atom is -0.454 e. The van der Waals surface area contributed by atoms with Gasteiger partial charge in [0.1, 0.15) is 6.33 Å². The number of nitrogen functional groups attached to an aromatic ring is 1. The molecule has 0 bridgehead atoms. The molecule has 160 valence electrons. The van der Waals surface area contributed by atoms with Crippen molar-refractivity contribution in [2.75, 3.05) is 24.8 Å². The largest absolute Gasteiger partial charge is 0.454 e. The molecule has 0 aliphatic carbocycles.